The van der Waals surface area contributed by atoms with E-state index in [2.05, 4.69) is 16.9 Å². The number of para-hydroxylation sites is 1. The fraction of sp³-hybridized carbons (Fsp3) is 0.565. The third-order valence-corrected chi connectivity index (χ3v) is 6.20. The Hall–Kier alpha value is -2.02. The molecular formula is C23H31N3O3. The van der Waals surface area contributed by atoms with Crippen LogP contribution in [0.5, 0.6) is 0 Å². The van der Waals surface area contributed by atoms with Crippen molar-refractivity contribution in [2.75, 3.05) is 53.6 Å². The van der Waals surface area contributed by atoms with Gasteiger partial charge in [0.25, 0.3) is 5.91 Å². The highest BCUT2D eigenvalue weighted by atomic mass is 16.5. The summed E-state index contributed by atoms with van der Waals surface area (Å²) in [6.45, 7) is 4.92. The van der Waals surface area contributed by atoms with Crippen LogP contribution in [0.3, 0.4) is 0 Å². The number of nitrogens with zero attached hydrogens (tertiary/aromatic N) is 3. The van der Waals surface area contributed by atoms with Crippen molar-refractivity contribution >= 4 is 16.8 Å². The van der Waals surface area contributed by atoms with Crippen LogP contribution in [0, 0.1) is 5.92 Å². The highest BCUT2D eigenvalue weighted by molar-refractivity contribution is 5.97. The van der Waals surface area contributed by atoms with Gasteiger partial charge in [-0.25, -0.2) is 0 Å². The zero-order valence-corrected chi connectivity index (χ0v) is 17.5. The lowest BCUT2D eigenvalue weighted by atomic mass is 9.86. The fourth-order valence-corrected chi connectivity index (χ4v) is 4.76. The Morgan fingerprint density at radius 2 is 2.28 bits per heavy atom. The maximum absolute atomic E-state index is 13.2. The molecule has 2 saturated heterocycles. The Morgan fingerprint density at radius 1 is 1.41 bits per heavy atom. The molecule has 2 fully saturated rings. The van der Waals surface area contributed by atoms with Crippen LogP contribution in [-0.2, 0) is 9.47 Å². The van der Waals surface area contributed by atoms with Gasteiger partial charge in [0.05, 0.1) is 29.9 Å². The Labute approximate surface area is 172 Å². The van der Waals surface area contributed by atoms with Crippen molar-refractivity contribution in [1.82, 2.24) is 14.8 Å². The van der Waals surface area contributed by atoms with Crippen LogP contribution in [0.15, 0.2) is 36.5 Å². The van der Waals surface area contributed by atoms with Crippen LogP contribution >= 0.6 is 0 Å². The normalized spacial score (nSPS) is 24.7. The van der Waals surface area contributed by atoms with E-state index in [0.29, 0.717) is 18.0 Å². The first kappa shape index (κ1) is 20.3. The fourth-order valence-electron chi connectivity index (χ4n) is 4.76. The van der Waals surface area contributed by atoms with Crippen LogP contribution in [-0.4, -0.2) is 79.8 Å². The minimum Gasteiger partial charge on any atom is -0.383 e. The Bertz CT molecular complexity index is 858. The molecule has 0 aliphatic carbocycles. The lowest BCUT2D eigenvalue weighted by molar-refractivity contribution is -0.0450. The number of fused-ring (bicyclic) bond motifs is 1. The van der Waals surface area contributed by atoms with Gasteiger partial charge in [-0.05, 0) is 44.4 Å². The molecule has 3 heterocycles. The van der Waals surface area contributed by atoms with Crippen molar-refractivity contribution in [3.05, 3.63) is 42.1 Å². The van der Waals surface area contributed by atoms with Gasteiger partial charge in [-0.2, -0.15) is 0 Å². The third kappa shape index (κ3) is 4.60. The van der Waals surface area contributed by atoms with Gasteiger partial charge in [0.1, 0.15) is 0 Å². The van der Waals surface area contributed by atoms with Gasteiger partial charge in [-0.1, -0.05) is 18.2 Å². The van der Waals surface area contributed by atoms with E-state index in [0.717, 1.165) is 63.0 Å². The number of carbonyl (C=O) groups is 1. The molecule has 1 amide bonds. The first-order chi connectivity index (χ1) is 14.1. The summed E-state index contributed by atoms with van der Waals surface area (Å²) in [6.07, 6.45) is 4.74. The monoisotopic (exact) mass is 397 g/mol. The number of ether oxygens (including phenoxy) is 2. The number of amides is 1. The molecule has 2 aromatic rings. The van der Waals surface area contributed by atoms with E-state index in [1.165, 1.54) is 0 Å². The lowest BCUT2D eigenvalue weighted by Crippen LogP contribution is -2.50. The van der Waals surface area contributed by atoms with E-state index in [1.807, 2.05) is 35.2 Å². The van der Waals surface area contributed by atoms with Crippen molar-refractivity contribution in [3.8, 4) is 0 Å². The van der Waals surface area contributed by atoms with Gasteiger partial charge in [0.2, 0.25) is 0 Å². The second-order valence-electron chi connectivity index (χ2n) is 8.57. The molecule has 4 rings (SSSR count). The molecule has 156 valence electrons. The number of hydrogen-bond donors (Lipinski definition) is 0. The highest BCUT2D eigenvalue weighted by Gasteiger charge is 2.44. The highest BCUT2D eigenvalue weighted by Crippen LogP contribution is 2.38. The van der Waals surface area contributed by atoms with Gasteiger partial charge < -0.3 is 19.3 Å². The summed E-state index contributed by atoms with van der Waals surface area (Å²) < 4.78 is 11.5. The summed E-state index contributed by atoms with van der Waals surface area (Å²) in [5, 5.41) is 1.00. The number of aromatic nitrogens is 1. The molecule has 6 nitrogen and oxygen atoms in total. The molecule has 29 heavy (non-hydrogen) atoms. The predicted octanol–water partition coefficient (Wildman–Crippen LogP) is 2.82. The molecule has 1 spiro atoms. The van der Waals surface area contributed by atoms with Gasteiger partial charge in [0.15, 0.2) is 0 Å². The number of carbonyl (C=O) groups excluding carboxylic acids is 1. The number of likely N-dealkylation sites (tertiary alicyclic amines) is 1. The third-order valence-electron chi connectivity index (χ3n) is 6.20. The van der Waals surface area contributed by atoms with E-state index in [9.17, 15) is 4.79 Å². The number of likely N-dealkylation sites (N-methyl/N-ethyl adjacent to an activating group) is 1. The van der Waals surface area contributed by atoms with Gasteiger partial charge in [0, 0.05) is 44.9 Å². The van der Waals surface area contributed by atoms with Crippen LogP contribution in [0.25, 0.3) is 10.9 Å². The second-order valence-corrected chi connectivity index (χ2v) is 8.57. The van der Waals surface area contributed by atoms with Crippen molar-refractivity contribution in [2.45, 2.75) is 24.9 Å². The quantitative estimate of drug-likeness (QED) is 0.750. The molecule has 0 bridgehead atoms. The summed E-state index contributed by atoms with van der Waals surface area (Å²) in [6, 6.07) is 9.86. The maximum atomic E-state index is 13.2. The van der Waals surface area contributed by atoms with Crippen molar-refractivity contribution in [2.24, 2.45) is 5.92 Å². The average Bonchev–Trinajstić information content (AvgIpc) is 3.12. The van der Waals surface area contributed by atoms with Crippen molar-refractivity contribution in [3.63, 3.8) is 0 Å². The van der Waals surface area contributed by atoms with Gasteiger partial charge >= 0.3 is 0 Å². The van der Waals surface area contributed by atoms with Crippen LogP contribution in [0.4, 0.5) is 0 Å². The SMILES string of the molecule is COCCN(C)C[C@H]1CO[C@@]2(CCCN(C(=O)c3cnc4ccccc4c3)C2)C1. The second kappa shape index (κ2) is 8.78. The van der Waals surface area contributed by atoms with E-state index in [4.69, 9.17) is 9.47 Å². The molecular weight excluding hydrogens is 366 g/mol. The summed E-state index contributed by atoms with van der Waals surface area (Å²) in [4.78, 5) is 21.9. The summed E-state index contributed by atoms with van der Waals surface area (Å²) in [5.41, 5.74) is 1.39. The molecule has 2 atom stereocenters. The molecule has 2 aliphatic heterocycles. The van der Waals surface area contributed by atoms with Gasteiger partial charge in [-0.3, -0.25) is 9.78 Å². The van der Waals surface area contributed by atoms with E-state index < -0.39 is 0 Å². The Balaban J connectivity index is 1.40. The molecule has 6 heteroatoms. The molecule has 0 radical (unpaired) electrons. The lowest BCUT2D eigenvalue weighted by Gasteiger charge is -2.40. The summed E-state index contributed by atoms with van der Waals surface area (Å²) >= 11 is 0. The first-order valence-electron chi connectivity index (χ1n) is 10.5. The van der Waals surface area contributed by atoms with Crippen LogP contribution in [0.2, 0.25) is 0 Å². The van der Waals surface area contributed by atoms with E-state index >= 15 is 0 Å². The van der Waals surface area contributed by atoms with E-state index in [1.54, 1.807) is 13.3 Å². The van der Waals surface area contributed by atoms with Crippen LogP contribution < -0.4 is 0 Å². The molecule has 2 aliphatic rings. The molecule has 1 aromatic carbocycles. The van der Waals surface area contributed by atoms with Gasteiger partial charge in [-0.15, -0.1) is 0 Å². The predicted molar refractivity (Wildman–Crippen MR) is 113 cm³/mol. The molecule has 0 N–H and O–H groups in total. The zero-order valence-electron chi connectivity index (χ0n) is 17.5. The average molecular weight is 398 g/mol. The Morgan fingerprint density at radius 3 is 3.14 bits per heavy atom. The molecule has 0 saturated carbocycles. The largest absolute Gasteiger partial charge is 0.383 e. The van der Waals surface area contributed by atoms with E-state index in [-0.39, 0.29) is 11.5 Å². The standard InChI is InChI=1S/C23H31N3O3/c1-25(10-11-28-2)15-18-13-23(29-16-18)8-5-9-26(17-23)22(27)20-12-19-6-3-4-7-21(19)24-14-20/h3-4,6-7,12,14,18H,5,8-11,13,15-17H2,1-2H3/t18-,23-/m0/s1. The zero-order chi connectivity index (χ0) is 20.3. The number of piperidine rings is 1. The maximum Gasteiger partial charge on any atom is 0.255 e. The minimum absolute atomic E-state index is 0.0617. The summed E-state index contributed by atoms with van der Waals surface area (Å²) in [5.74, 6) is 0.570. The number of pyridine rings is 1. The number of hydrogen-bond acceptors (Lipinski definition) is 5. The topological polar surface area (TPSA) is 54.9 Å². The van der Waals surface area contributed by atoms with Crippen molar-refractivity contribution in [1.29, 1.82) is 0 Å². The van der Waals surface area contributed by atoms with Crippen molar-refractivity contribution < 1.29 is 14.3 Å². The molecule has 1 aromatic heterocycles. The summed E-state index contributed by atoms with van der Waals surface area (Å²) in [7, 11) is 3.87. The first-order valence-corrected chi connectivity index (χ1v) is 10.5. The number of benzene rings is 1. The number of rotatable bonds is 6. The van der Waals surface area contributed by atoms with Crippen LogP contribution in [0.1, 0.15) is 29.6 Å². The molecule has 0 unspecified atom stereocenters. The smallest absolute Gasteiger partial charge is 0.255 e. The minimum atomic E-state index is -0.190. The number of methoxy groups -OCH3 is 1. The Kier molecular flexibility index (Phi) is 6.13.